The largest absolute Gasteiger partial charge is 0.370 e. The smallest absolute Gasteiger partial charge is 0.282 e. The van der Waals surface area contributed by atoms with Crippen molar-refractivity contribution in [3.8, 4) is 0 Å². The normalized spacial score (nSPS) is 14.5. The van der Waals surface area contributed by atoms with Gasteiger partial charge in [0.2, 0.25) is 0 Å². The lowest BCUT2D eigenvalue weighted by Crippen LogP contribution is -2.24. The molecular formula is C13H18N4O. The lowest BCUT2D eigenvalue weighted by atomic mass is 10.0. The summed E-state index contributed by atoms with van der Waals surface area (Å²) >= 11 is 0. The summed E-state index contributed by atoms with van der Waals surface area (Å²) in [4.78, 5) is 20.0. The number of guanidine groups is 1. The van der Waals surface area contributed by atoms with Crippen LogP contribution < -0.4 is 11.5 Å². The lowest BCUT2D eigenvalue weighted by Gasteiger charge is -2.09. The highest BCUT2D eigenvalue weighted by Crippen LogP contribution is 2.22. The standard InChI is InChI=1S/C13H18N4O/c1-8-10(12(18)17-13(14)15)7-9-5-3-2-4-6-11(9)16-8/h7H,2-6H2,1H3,(H4,14,15,17,18). The van der Waals surface area contributed by atoms with Crippen LogP contribution >= 0.6 is 0 Å². The first-order chi connectivity index (χ1) is 8.58. The molecule has 0 fully saturated rings. The van der Waals surface area contributed by atoms with Gasteiger partial charge in [-0.15, -0.1) is 0 Å². The van der Waals surface area contributed by atoms with Crippen LogP contribution in [0, 0.1) is 6.92 Å². The average molecular weight is 246 g/mol. The molecule has 5 nitrogen and oxygen atoms in total. The fourth-order valence-corrected chi connectivity index (χ4v) is 2.31. The second-order valence-electron chi connectivity index (χ2n) is 4.63. The summed E-state index contributed by atoms with van der Waals surface area (Å²) < 4.78 is 0. The van der Waals surface area contributed by atoms with Crippen LogP contribution in [0.15, 0.2) is 11.1 Å². The summed E-state index contributed by atoms with van der Waals surface area (Å²) in [5.41, 5.74) is 13.9. The van der Waals surface area contributed by atoms with Gasteiger partial charge in [0.15, 0.2) is 5.96 Å². The minimum absolute atomic E-state index is 0.214. The van der Waals surface area contributed by atoms with Gasteiger partial charge in [-0.05, 0) is 44.2 Å². The number of amides is 1. The monoisotopic (exact) mass is 246 g/mol. The van der Waals surface area contributed by atoms with Crippen molar-refractivity contribution in [2.75, 3.05) is 0 Å². The van der Waals surface area contributed by atoms with Crippen LogP contribution in [0.4, 0.5) is 0 Å². The van der Waals surface area contributed by atoms with Crippen molar-refractivity contribution in [3.05, 3.63) is 28.6 Å². The Morgan fingerprint density at radius 1 is 1.28 bits per heavy atom. The van der Waals surface area contributed by atoms with Gasteiger partial charge >= 0.3 is 0 Å². The highest BCUT2D eigenvalue weighted by molar-refractivity contribution is 6.02. The molecule has 1 aromatic heterocycles. The molecule has 96 valence electrons. The highest BCUT2D eigenvalue weighted by Gasteiger charge is 2.16. The number of nitrogens with two attached hydrogens (primary N) is 2. The predicted octanol–water partition coefficient (Wildman–Crippen LogP) is 1.07. The summed E-state index contributed by atoms with van der Waals surface area (Å²) in [5, 5.41) is 0. The van der Waals surface area contributed by atoms with Gasteiger partial charge in [-0.1, -0.05) is 6.42 Å². The number of aryl methyl sites for hydroxylation is 3. The van der Waals surface area contributed by atoms with E-state index in [1.54, 1.807) is 0 Å². The first-order valence-electron chi connectivity index (χ1n) is 6.21. The molecule has 1 aromatic rings. The summed E-state index contributed by atoms with van der Waals surface area (Å²) in [6.07, 6.45) is 5.50. The molecular weight excluding hydrogens is 228 g/mol. The highest BCUT2D eigenvalue weighted by atomic mass is 16.1. The zero-order valence-electron chi connectivity index (χ0n) is 10.6. The number of carbonyl (C=O) groups is 1. The Morgan fingerprint density at radius 2 is 2.00 bits per heavy atom. The quantitative estimate of drug-likeness (QED) is 0.440. The topological polar surface area (TPSA) is 94.4 Å². The van der Waals surface area contributed by atoms with Gasteiger partial charge in [0.25, 0.3) is 5.91 Å². The van der Waals surface area contributed by atoms with Crippen LogP contribution in [-0.4, -0.2) is 16.9 Å². The van der Waals surface area contributed by atoms with E-state index in [0.717, 1.165) is 30.5 Å². The first-order valence-corrected chi connectivity index (χ1v) is 6.21. The van der Waals surface area contributed by atoms with Crippen molar-refractivity contribution in [2.24, 2.45) is 16.5 Å². The second-order valence-corrected chi connectivity index (χ2v) is 4.63. The maximum absolute atomic E-state index is 11.9. The summed E-state index contributed by atoms with van der Waals surface area (Å²) in [6.45, 7) is 1.82. The minimum Gasteiger partial charge on any atom is -0.370 e. The Bertz CT molecular complexity index is 504. The second kappa shape index (κ2) is 5.16. The third kappa shape index (κ3) is 2.67. The number of nitrogens with zero attached hydrogens (tertiary/aromatic N) is 2. The van der Waals surface area contributed by atoms with E-state index in [9.17, 15) is 4.79 Å². The van der Waals surface area contributed by atoms with Crippen LogP contribution in [0.3, 0.4) is 0 Å². The Labute approximate surface area is 106 Å². The number of aromatic nitrogens is 1. The number of pyridine rings is 1. The Hall–Kier alpha value is -1.91. The zero-order chi connectivity index (χ0) is 13.1. The molecule has 1 heterocycles. The molecule has 0 unspecified atom stereocenters. The third-order valence-electron chi connectivity index (χ3n) is 3.20. The molecule has 0 spiro atoms. The fraction of sp³-hybridized carbons (Fsp3) is 0.462. The van der Waals surface area contributed by atoms with Crippen molar-refractivity contribution in [1.29, 1.82) is 0 Å². The molecule has 1 aliphatic rings. The number of aliphatic imine (C=N–C) groups is 1. The Balaban J connectivity index is 2.41. The van der Waals surface area contributed by atoms with Gasteiger partial charge in [0.1, 0.15) is 0 Å². The number of hydrogen-bond acceptors (Lipinski definition) is 2. The molecule has 1 amide bonds. The SMILES string of the molecule is Cc1nc2c(cc1C(=O)N=C(N)N)CCCCC2. The van der Waals surface area contributed by atoms with Crippen molar-refractivity contribution in [3.63, 3.8) is 0 Å². The van der Waals surface area contributed by atoms with Gasteiger partial charge in [-0.2, -0.15) is 4.99 Å². The molecule has 18 heavy (non-hydrogen) atoms. The van der Waals surface area contributed by atoms with Crippen LogP contribution in [0.25, 0.3) is 0 Å². The molecule has 4 N–H and O–H groups in total. The molecule has 2 rings (SSSR count). The number of fused-ring (bicyclic) bond motifs is 1. The number of hydrogen-bond donors (Lipinski definition) is 2. The van der Waals surface area contributed by atoms with E-state index in [4.69, 9.17) is 11.5 Å². The van der Waals surface area contributed by atoms with E-state index in [2.05, 4.69) is 9.98 Å². The Morgan fingerprint density at radius 3 is 2.72 bits per heavy atom. The van der Waals surface area contributed by atoms with Gasteiger partial charge in [0, 0.05) is 5.69 Å². The third-order valence-corrected chi connectivity index (χ3v) is 3.20. The van der Waals surface area contributed by atoms with Crippen molar-refractivity contribution < 1.29 is 4.79 Å². The maximum atomic E-state index is 11.9. The molecule has 0 aliphatic heterocycles. The fourth-order valence-electron chi connectivity index (χ4n) is 2.31. The first kappa shape index (κ1) is 12.5. The van der Waals surface area contributed by atoms with Crippen LogP contribution in [0.1, 0.15) is 46.6 Å². The zero-order valence-corrected chi connectivity index (χ0v) is 10.6. The average Bonchev–Trinajstić information content (AvgIpc) is 2.51. The van der Waals surface area contributed by atoms with E-state index < -0.39 is 5.91 Å². The predicted molar refractivity (Wildman–Crippen MR) is 70.4 cm³/mol. The van der Waals surface area contributed by atoms with Gasteiger partial charge in [-0.3, -0.25) is 9.78 Å². The van der Waals surface area contributed by atoms with E-state index in [1.807, 2.05) is 13.0 Å². The van der Waals surface area contributed by atoms with Gasteiger partial charge < -0.3 is 11.5 Å². The number of rotatable bonds is 1. The molecule has 1 aliphatic carbocycles. The Kier molecular flexibility index (Phi) is 3.60. The van der Waals surface area contributed by atoms with Crippen molar-refractivity contribution in [2.45, 2.75) is 39.0 Å². The lowest BCUT2D eigenvalue weighted by molar-refractivity contribution is 0.100. The van der Waals surface area contributed by atoms with Crippen LogP contribution in [0.5, 0.6) is 0 Å². The molecule has 0 bridgehead atoms. The van der Waals surface area contributed by atoms with Crippen LogP contribution in [-0.2, 0) is 12.8 Å². The maximum Gasteiger partial charge on any atom is 0.282 e. The summed E-state index contributed by atoms with van der Waals surface area (Å²) in [7, 11) is 0. The van der Waals surface area contributed by atoms with Gasteiger partial charge in [-0.25, -0.2) is 0 Å². The van der Waals surface area contributed by atoms with Crippen molar-refractivity contribution >= 4 is 11.9 Å². The molecule has 0 atom stereocenters. The van der Waals surface area contributed by atoms with E-state index in [-0.39, 0.29) is 5.96 Å². The summed E-state index contributed by atoms with van der Waals surface area (Å²) in [6, 6.07) is 1.90. The van der Waals surface area contributed by atoms with Crippen LogP contribution in [0.2, 0.25) is 0 Å². The molecule has 5 heteroatoms. The van der Waals surface area contributed by atoms with E-state index in [1.165, 1.54) is 12.8 Å². The van der Waals surface area contributed by atoms with E-state index in [0.29, 0.717) is 11.3 Å². The summed E-state index contributed by atoms with van der Waals surface area (Å²) in [5.74, 6) is -0.624. The van der Waals surface area contributed by atoms with Crippen molar-refractivity contribution in [1.82, 2.24) is 4.98 Å². The number of carbonyl (C=O) groups excluding carboxylic acids is 1. The molecule has 0 aromatic carbocycles. The molecule has 0 saturated carbocycles. The molecule has 0 radical (unpaired) electrons. The van der Waals surface area contributed by atoms with E-state index >= 15 is 0 Å². The minimum atomic E-state index is -0.410. The molecule has 0 saturated heterocycles. The van der Waals surface area contributed by atoms with Gasteiger partial charge in [0.05, 0.1) is 11.3 Å².